The second-order valence-electron chi connectivity index (χ2n) is 8.23. The quantitative estimate of drug-likeness (QED) is 0.238. The second-order valence-corrected chi connectivity index (χ2v) is 8.23. The van der Waals surface area contributed by atoms with Gasteiger partial charge in [0.1, 0.15) is 5.75 Å². The van der Waals surface area contributed by atoms with Gasteiger partial charge in [-0.3, -0.25) is 4.79 Å². The lowest BCUT2D eigenvalue weighted by Gasteiger charge is -2.13. The number of aromatic nitrogens is 1. The number of rotatable bonds is 5. The second kappa shape index (κ2) is 9.16. The van der Waals surface area contributed by atoms with E-state index in [1.807, 2.05) is 72.8 Å². The van der Waals surface area contributed by atoms with Crippen molar-refractivity contribution in [2.45, 2.75) is 6.92 Å². The summed E-state index contributed by atoms with van der Waals surface area (Å²) in [6.45, 7) is 1.58. The number of aromatic hydroxyl groups is 1. The van der Waals surface area contributed by atoms with Gasteiger partial charge in [0.25, 0.3) is 0 Å². The van der Waals surface area contributed by atoms with E-state index in [0.29, 0.717) is 5.56 Å². The zero-order valence-electron chi connectivity index (χ0n) is 18.8. The summed E-state index contributed by atoms with van der Waals surface area (Å²) in [6.07, 6.45) is 0. The monoisotopic (exact) mass is 442 g/mol. The van der Waals surface area contributed by atoms with E-state index in [4.69, 9.17) is 0 Å². The first-order chi connectivity index (χ1) is 16.6. The van der Waals surface area contributed by atoms with Crippen molar-refractivity contribution in [3.05, 3.63) is 127 Å². The predicted octanol–water partition coefficient (Wildman–Crippen LogP) is 6.87. The van der Waals surface area contributed by atoms with Gasteiger partial charge in [0.15, 0.2) is 5.78 Å². The Labute approximate surface area is 199 Å². The van der Waals surface area contributed by atoms with E-state index < -0.39 is 0 Å². The van der Waals surface area contributed by atoms with Gasteiger partial charge in [-0.1, -0.05) is 60.7 Å². The number of benzene rings is 4. The summed E-state index contributed by atoms with van der Waals surface area (Å²) >= 11 is 0. The SMILES string of the molecule is CC(=O)c1ccc(-c2cc(-c3ccccc3)[n+](-c3ccc(O)cc3)c(-c3ccccc3)c2)cc1. The molecule has 3 nitrogen and oxygen atoms in total. The number of carbonyl (C=O) groups excluding carboxylic acids is 1. The van der Waals surface area contributed by atoms with E-state index in [-0.39, 0.29) is 11.5 Å². The molecule has 34 heavy (non-hydrogen) atoms. The maximum absolute atomic E-state index is 11.8. The average Bonchev–Trinajstić information content (AvgIpc) is 2.89. The topological polar surface area (TPSA) is 41.2 Å². The van der Waals surface area contributed by atoms with Crippen molar-refractivity contribution < 1.29 is 14.5 Å². The highest BCUT2D eigenvalue weighted by atomic mass is 16.3. The van der Waals surface area contributed by atoms with Gasteiger partial charge in [-0.2, -0.15) is 4.57 Å². The van der Waals surface area contributed by atoms with E-state index in [1.165, 1.54) is 0 Å². The van der Waals surface area contributed by atoms with E-state index in [0.717, 1.165) is 39.3 Å². The molecular weight excluding hydrogens is 418 g/mol. The van der Waals surface area contributed by atoms with Crippen molar-refractivity contribution in [1.82, 2.24) is 0 Å². The van der Waals surface area contributed by atoms with Crippen LogP contribution in [0, 0.1) is 0 Å². The minimum atomic E-state index is 0.0553. The number of Topliss-reactive ketones (excluding diaryl/α,β-unsaturated/α-hetero) is 1. The highest BCUT2D eigenvalue weighted by Gasteiger charge is 2.24. The van der Waals surface area contributed by atoms with E-state index in [9.17, 15) is 9.90 Å². The Bertz CT molecular complexity index is 1380. The van der Waals surface area contributed by atoms with Gasteiger partial charge in [0.05, 0.1) is 0 Å². The Morgan fingerprint density at radius 3 is 1.56 bits per heavy atom. The molecule has 0 saturated heterocycles. The Hall–Kier alpha value is -4.50. The molecular formula is C31H24NO2+. The van der Waals surface area contributed by atoms with Crippen LogP contribution < -0.4 is 4.57 Å². The molecule has 3 heteroatoms. The van der Waals surface area contributed by atoms with Gasteiger partial charge in [-0.25, -0.2) is 0 Å². The lowest BCUT2D eigenvalue weighted by molar-refractivity contribution is -0.572. The van der Waals surface area contributed by atoms with Crippen LogP contribution in [0.3, 0.4) is 0 Å². The predicted molar refractivity (Wildman–Crippen MR) is 136 cm³/mol. The van der Waals surface area contributed by atoms with Crippen LogP contribution in [0.2, 0.25) is 0 Å². The number of hydrogen-bond acceptors (Lipinski definition) is 2. The van der Waals surface area contributed by atoms with Crippen LogP contribution in [0.1, 0.15) is 17.3 Å². The van der Waals surface area contributed by atoms with Gasteiger partial charge >= 0.3 is 0 Å². The molecule has 0 fully saturated rings. The third-order valence-electron chi connectivity index (χ3n) is 5.94. The summed E-state index contributed by atoms with van der Waals surface area (Å²) in [5.41, 5.74) is 7.96. The van der Waals surface area contributed by atoms with Crippen LogP contribution >= 0.6 is 0 Å². The Morgan fingerprint density at radius 1 is 0.588 bits per heavy atom. The molecule has 0 radical (unpaired) electrons. The molecule has 1 heterocycles. The number of ketones is 1. The van der Waals surface area contributed by atoms with Gasteiger partial charge < -0.3 is 5.11 Å². The zero-order valence-corrected chi connectivity index (χ0v) is 18.8. The molecule has 0 aliphatic heterocycles. The maximum atomic E-state index is 11.8. The van der Waals surface area contributed by atoms with Gasteiger partial charge in [-0.15, -0.1) is 0 Å². The molecule has 0 spiro atoms. The van der Waals surface area contributed by atoms with Crippen molar-refractivity contribution in [1.29, 1.82) is 0 Å². The lowest BCUT2D eigenvalue weighted by Crippen LogP contribution is -2.36. The fraction of sp³-hybridized carbons (Fsp3) is 0.0323. The standard InChI is InChI=1S/C31H23NO2/c1-22(33)23-12-14-24(15-13-23)27-20-30(25-8-4-2-5-9-25)32(28-16-18-29(34)19-17-28)31(21-27)26-10-6-3-7-11-26/h2-21H,1H3/p+1. The van der Waals surface area contributed by atoms with Crippen LogP contribution in [0.25, 0.3) is 39.3 Å². The van der Waals surface area contributed by atoms with Crippen LogP contribution in [0.4, 0.5) is 0 Å². The summed E-state index contributed by atoms with van der Waals surface area (Å²) in [6, 6.07) is 39.9. The molecule has 0 aliphatic rings. The lowest BCUT2D eigenvalue weighted by atomic mass is 9.97. The van der Waals surface area contributed by atoms with Gasteiger partial charge in [0, 0.05) is 41.0 Å². The van der Waals surface area contributed by atoms with Crippen LogP contribution in [0.5, 0.6) is 5.75 Å². The molecule has 0 atom stereocenters. The minimum absolute atomic E-state index is 0.0553. The Balaban J connectivity index is 1.82. The van der Waals surface area contributed by atoms with Crippen molar-refractivity contribution in [2.75, 3.05) is 0 Å². The fourth-order valence-corrected chi connectivity index (χ4v) is 4.18. The summed E-state index contributed by atoms with van der Waals surface area (Å²) in [7, 11) is 0. The molecule has 0 amide bonds. The number of nitrogens with zero attached hydrogens (tertiary/aromatic N) is 1. The highest BCUT2D eigenvalue weighted by molar-refractivity contribution is 5.94. The van der Waals surface area contributed by atoms with E-state index >= 15 is 0 Å². The zero-order chi connectivity index (χ0) is 23.5. The number of carbonyl (C=O) groups is 1. The first-order valence-electron chi connectivity index (χ1n) is 11.2. The minimum Gasteiger partial charge on any atom is -0.508 e. The van der Waals surface area contributed by atoms with Crippen molar-refractivity contribution in [3.8, 4) is 45.1 Å². The van der Waals surface area contributed by atoms with Crippen molar-refractivity contribution in [3.63, 3.8) is 0 Å². The fourth-order valence-electron chi connectivity index (χ4n) is 4.18. The molecule has 1 aromatic heterocycles. The first kappa shape index (κ1) is 21.4. The molecule has 0 bridgehead atoms. The average molecular weight is 443 g/mol. The third kappa shape index (κ3) is 4.24. The first-order valence-corrected chi connectivity index (χ1v) is 11.2. The molecule has 164 valence electrons. The van der Waals surface area contributed by atoms with Crippen LogP contribution in [-0.2, 0) is 0 Å². The summed E-state index contributed by atoms with van der Waals surface area (Å²) in [5.74, 6) is 0.286. The molecule has 1 N–H and O–H groups in total. The Kier molecular flexibility index (Phi) is 5.75. The van der Waals surface area contributed by atoms with Gasteiger partial charge in [-0.05, 0) is 54.4 Å². The van der Waals surface area contributed by atoms with Crippen molar-refractivity contribution in [2.24, 2.45) is 0 Å². The Morgan fingerprint density at radius 2 is 1.09 bits per heavy atom. The molecule has 4 aromatic carbocycles. The number of pyridine rings is 1. The smallest absolute Gasteiger partial charge is 0.219 e. The molecule has 0 aliphatic carbocycles. The third-order valence-corrected chi connectivity index (χ3v) is 5.94. The highest BCUT2D eigenvalue weighted by Crippen LogP contribution is 2.31. The molecule has 5 rings (SSSR count). The number of hydrogen-bond donors (Lipinski definition) is 1. The van der Waals surface area contributed by atoms with Crippen LogP contribution in [0.15, 0.2) is 121 Å². The van der Waals surface area contributed by atoms with Crippen LogP contribution in [-0.4, -0.2) is 10.9 Å². The molecule has 5 aromatic rings. The summed E-state index contributed by atoms with van der Waals surface area (Å²) in [4.78, 5) is 11.8. The van der Waals surface area contributed by atoms with E-state index in [2.05, 4.69) is 41.0 Å². The number of phenolic OH excluding ortho intramolecular Hbond substituents is 1. The molecule has 0 unspecified atom stereocenters. The number of phenols is 1. The molecule has 0 saturated carbocycles. The van der Waals surface area contributed by atoms with Crippen molar-refractivity contribution >= 4 is 5.78 Å². The normalized spacial score (nSPS) is 10.7. The largest absolute Gasteiger partial charge is 0.508 e. The van der Waals surface area contributed by atoms with E-state index in [1.54, 1.807) is 19.1 Å². The maximum Gasteiger partial charge on any atom is 0.219 e. The van der Waals surface area contributed by atoms with Gasteiger partial charge in [0.2, 0.25) is 17.1 Å². The summed E-state index contributed by atoms with van der Waals surface area (Å²) in [5, 5.41) is 9.90. The summed E-state index contributed by atoms with van der Waals surface area (Å²) < 4.78 is 2.22.